The van der Waals surface area contributed by atoms with Gasteiger partial charge in [0.25, 0.3) is 0 Å². The standard InChI is InChI=1S/C11H19N5/c1-4-13-11(15-12)16(3)8-10-7-5-6-9(2)14-10/h5-7H,4,8,12H2,1-3H3,(H,13,15). The minimum Gasteiger partial charge on any atom is -0.339 e. The molecule has 0 unspecified atom stereocenters. The van der Waals surface area contributed by atoms with Gasteiger partial charge in [0.2, 0.25) is 5.96 Å². The van der Waals surface area contributed by atoms with Gasteiger partial charge in [-0.25, -0.2) is 5.84 Å². The highest BCUT2D eigenvalue weighted by Crippen LogP contribution is 2.01. The number of aryl methyl sites for hydroxylation is 1. The third-order valence-electron chi connectivity index (χ3n) is 2.14. The molecule has 0 amide bonds. The maximum atomic E-state index is 5.40. The summed E-state index contributed by atoms with van der Waals surface area (Å²) < 4.78 is 0. The van der Waals surface area contributed by atoms with Gasteiger partial charge in [0.05, 0.1) is 12.2 Å². The quantitative estimate of drug-likeness (QED) is 0.340. The van der Waals surface area contributed by atoms with Crippen molar-refractivity contribution in [2.24, 2.45) is 10.8 Å². The van der Waals surface area contributed by atoms with E-state index < -0.39 is 0 Å². The Morgan fingerprint density at radius 2 is 2.31 bits per heavy atom. The van der Waals surface area contributed by atoms with Crippen LogP contribution in [0.5, 0.6) is 0 Å². The van der Waals surface area contributed by atoms with E-state index in [1.54, 1.807) is 0 Å². The van der Waals surface area contributed by atoms with Crippen molar-refractivity contribution in [3.63, 3.8) is 0 Å². The van der Waals surface area contributed by atoms with E-state index in [0.717, 1.165) is 11.4 Å². The second kappa shape index (κ2) is 6.07. The highest BCUT2D eigenvalue weighted by atomic mass is 15.4. The number of hydrogen-bond donors (Lipinski definition) is 2. The highest BCUT2D eigenvalue weighted by molar-refractivity contribution is 5.79. The smallest absolute Gasteiger partial charge is 0.208 e. The van der Waals surface area contributed by atoms with Crippen LogP contribution in [0.4, 0.5) is 0 Å². The van der Waals surface area contributed by atoms with Crippen LogP contribution in [0.25, 0.3) is 0 Å². The van der Waals surface area contributed by atoms with Crippen LogP contribution in [0.3, 0.4) is 0 Å². The molecule has 0 atom stereocenters. The lowest BCUT2D eigenvalue weighted by molar-refractivity contribution is 0.470. The van der Waals surface area contributed by atoms with Gasteiger partial charge in [-0.2, -0.15) is 0 Å². The van der Waals surface area contributed by atoms with Crippen molar-refractivity contribution in [2.45, 2.75) is 20.4 Å². The second-order valence-corrected chi connectivity index (χ2v) is 3.57. The maximum Gasteiger partial charge on any atom is 0.208 e. The summed E-state index contributed by atoms with van der Waals surface area (Å²) in [5, 5.41) is 0. The van der Waals surface area contributed by atoms with E-state index >= 15 is 0 Å². The fraction of sp³-hybridized carbons (Fsp3) is 0.455. The number of hydrogen-bond acceptors (Lipinski definition) is 3. The first-order valence-corrected chi connectivity index (χ1v) is 5.32. The molecule has 0 aliphatic rings. The summed E-state index contributed by atoms with van der Waals surface area (Å²) in [4.78, 5) is 10.6. The number of pyridine rings is 1. The Morgan fingerprint density at radius 3 is 2.88 bits per heavy atom. The van der Waals surface area contributed by atoms with Gasteiger partial charge in [-0.3, -0.25) is 15.4 Å². The Kier molecular flexibility index (Phi) is 4.72. The molecular weight excluding hydrogens is 202 g/mol. The molecule has 3 N–H and O–H groups in total. The van der Waals surface area contributed by atoms with Crippen molar-refractivity contribution in [1.82, 2.24) is 15.3 Å². The lowest BCUT2D eigenvalue weighted by Gasteiger charge is -2.20. The fourth-order valence-corrected chi connectivity index (χ4v) is 1.43. The molecule has 5 nitrogen and oxygen atoms in total. The van der Waals surface area contributed by atoms with E-state index in [9.17, 15) is 0 Å². The third-order valence-corrected chi connectivity index (χ3v) is 2.14. The van der Waals surface area contributed by atoms with Crippen LogP contribution in [0.1, 0.15) is 18.3 Å². The number of aliphatic imine (C=N–C) groups is 1. The Hall–Kier alpha value is -1.62. The molecule has 0 saturated heterocycles. The fourth-order valence-electron chi connectivity index (χ4n) is 1.43. The predicted octanol–water partition coefficient (Wildman–Crippen LogP) is 0.661. The first kappa shape index (κ1) is 12.4. The predicted molar refractivity (Wildman–Crippen MR) is 65.7 cm³/mol. The summed E-state index contributed by atoms with van der Waals surface area (Å²) in [7, 11) is 1.93. The van der Waals surface area contributed by atoms with Gasteiger partial charge in [0.1, 0.15) is 0 Å². The van der Waals surface area contributed by atoms with Gasteiger partial charge in [0, 0.05) is 19.3 Å². The molecule has 5 heteroatoms. The van der Waals surface area contributed by atoms with E-state index in [0.29, 0.717) is 19.0 Å². The van der Waals surface area contributed by atoms with Crippen molar-refractivity contribution in [3.05, 3.63) is 29.6 Å². The minimum absolute atomic E-state index is 0.672. The molecule has 0 aromatic carbocycles. The molecule has 1 rings (SSSR count). The van der Waals surface area contributed by atoms with Crippen LogP contribution in [-0.4, -0.2) is 29.4 Å². The zero-order valence-corrected chi connectivity index (χ0v) is 10.1. The molecule has 88 valence electrons. The van der Waals surface area contributed by atoms with E-state index in [1.807, 2.05) is 44.0 Å². The van der Waals surface area contributed by atoms with Crippen LogP contribution in [0, 0.1) is 6.92 Å². The maximum absolute atomic E-state index is 5.40. The minimum atomic E-state index is 0.672. The zero-order chi connectivity index (χ0) is 12.0. The summed E-state index contributed by atoms with van der Waals surface area (Å²) in [5.74, 6) is 6.07. The van der Waals surface area contributed by atoms with Crippen molar-refractivity contribution >= 4 is 5.96 Å². The van der Waals surface area contributed by atoms with Crippen LogP contribution < -0.4 is 11.3 Å². The summed E-state index contributed by atoms with van der Waals surface area (Å²) in [6.45, 7) is 5.33. The molecule has 16 heavy (non-hydrogen) atoms. The van der Waals surface area contributed by atoms with Crippen molar-refractivity contribution in [2.75, 3.05) is 13.6 Å². The summed E-state index contributed by atoms with van der Waals surface area (Å²) in [5.41, 5.74) is 4.60. The Bertz CT molecular complexity index is 361. The number of hydrazine groups is 1. The van der Waals surface area contributed by atoms with E-state index in [4.69, 9.17) is 5.84 Å². The van der Waals surface area contributed by atoms with Gasteiger partial charge >= 0.3 is 0 Å². The molecule has 1 aromatic rings. The van der Waals surface area contributed by atoms with E-state index in [1.165, 1.54) is 0 Å². The first-order valence-electron chi connectivity index (χ1n) is 5.32. The molecule has 0 saturated carbocycles. The topological polar surface area (TPSA) is 66.5 Å². The SMILES string of the molecule is CCN=C(NN)N(C)Cc1cccc(C)n1. The molecule has 0 spiro atoms. The number of nitrogens with zero attached hydrogens (tertiary/aromatic N) is 3. The summed E-state index contributed by atoms with van der Waals surface area (Å²) in [6, 6.07) is 5.97. The number of rotatable bonds is 3. The lowest BCUT2D eigenvalue weighted by Crippen LogP contribution is -2.42. The molecule has 0 fully saturated rings. The van der Waals surface area contributed by atoms with Gasteiger partial charge in [-0.05, 0) is 26.0 Å². The molecule has 1 aromatic heterocycles. The number of aromatic nitrogens is 1. The Morgan fingerprint density at radius 1 is 1.56 bits per heavy atom. The number of nitrogens with two attached hydrogens (primary N) is 1. The van der Waals surface area contributed by atoms with Crippen molar-refractivity contribution in [1.29, 1.82) is 0 Å². The van der Waals surface area contributed by atoms with Crippen molar-refractivity contribution in [3.8, 4) is 0 Å². The summed E-state index contributed by atoms with van der Waals surface area (Å²) in [6.07, 6.45) is 0. The average Bonchev–Trinajstić information content (AvgIpc) is 2.25. The zero-order valence-electron chi connectivity index (χ0n) is 10.1. The average molecular weight is 221 g/mol. The number of nitrogens with one attached hydrogen (secondary N) is 1. The van der Waals surface area contributed by atoms with Crippen LogP contribution in [-0.2, 0) is 6.54 Å². The van der Waals surface area contributed by atoms with Crippen LogP contribution >= 0.6 is 0 Å². The normalized spacial score (nSPS) is 11.4. The van der Waals surface area contributed by atoms with Gasteiger partial charge < -0.3 is 4.90 Å². The van der Waals surface area contributed by atoms with E-state index in [-0.39, 0.29) is 0 Å². The van der Waals surface area contributed by atoms with Gasteiger partial charge in [-0.1, -0.05) is 6.07 Å². The van der Waals surface area contributed by atoms with Crippen LogP contribution in [0.15, 0.2) is 23.2 Å². The lowest BCUT2D eigenvalue weighted by atomic mass is 10.3. The molecule has 0 aliphatic carbocycles. The molecule has 1 heterocycles. The molecule has 0 radical (unpaired) electrons. The Balaban J connectivity index is 2.70. The van der Waals surface area contributed by atoms with Crippen molar-refractivity contribution < 1.29 is 0 Å². The molecule has 0 bridgehead atoms. The largest absolute Gasteiger partial charge is 0.339 e. The number of guanidine groups is 1. The van der Waals surface area contributed by atoms with Gasteiger partial charge in [0.15, 0.2) is 0 Å². The second-order valence-electron chi connectivity index (χ2n) is 3.57. The third kappa shape index (κ3) is 3.51. The summed E-state index contributed by atoms with van der Waals surface area (Å²) >= 11 is 0. The highest BCUT2D eigenvalue weighted by Gasteiger charge is 2.05. The van der Waals surface area contributed by atoms with Crippen LogP contribution in [0.2, 0.25) is 0 Å². The van der Waals surface area contributed by atoms with Gasteiger partial charge in [-0.15, -0.1) is 0 Å². The first-order chi connectivity index (χ1) is 7.67. The molecular formula is C11H19N5. The Labute approximate surface area is 96.4 Å². The molecule has 0 aliphatic heterocycles. The van der Waals surface area contributed by atoms with E-state index in [2.05, 4.69) is 15.4 Å². The monoisotopic (exact) mass is 221 g/mol.